The maximum Gasteiger partial charge on any atom is 0.266 e. The highest BCUT2D eigenvalue weighted by Crippen LogP contribution is 2.38. The van der Waals surface area contributed by atoms with Crippen LogP contribution in [0.2, 0.25) is 0 Å². The second kappa shape index (κ2) is 11.2. The van der Waals surface area contributed by atoms with E-state index < -0.39 is 5.92 Å². The van der Waals surface area contributed by atoms with Crippen LogP contribution in [0, 0.1) is 12.8 Å². The number of nitrogens with zero attached hydrogens (tertiary/aromatic N) is 2. The molecule has 47 heavy (non-hydrogen) atoms. The van der Waals surface area contributed by atoms with Gasteiger partial charge in [-0.1, -0.05) is 55.8 Å². The van der Waals surface area contributed by atoms with E-state index in [1.54, 1.807) is 60.7 Å². The third kappa shape index (κ3) is 5.12. The summed E-state index contributed by atoms with van der Waals surface area (Å²) in [6, 6.07) is 27.6. The standard InChI is InChI=1S/C39H32N2O6/c1-23-8-17-30-31(18-23)38(45)41(37(30)44)27-7-5-6-26(19-27)40-21-32-33(22-40)36(43)35(20-34(32)42)47-29-15-11-25(12-16-29)39(2,3)24-9-13-28(46-4)14-10-24/h5-20,22,32H,21H2,1-4H3. The van der Waals surface area contributed by atoms with E-state index in [0.29, 0.717) is 33.8 Å². The lowest BCUT2D eigenvalue weighted by atomic mass is 9.78. The van der Waals surface area contributed by atoms with Gasteiger partial charge in [-0.25, -0.2) is 4.90 Å². The van der Waals surface area contributed by atoms with Crippen LogP contribution in [-0.4, -0.2) is 37.0 Å². The molecule has 0 saturated carbocycles. The van der Waals surface area contributed by atoms with E-state index in [2.05, 4.69) is 13.8 Å². The number of hydrogen-bond acceptors (Lipinski definition) is 7. The van der Waals surface area contributed by atoms with Gasteiger partial charge in [0, 0.05) is 35.5 Å². The Bertz CT molecular complexity index is 2040. The zero-order chi connectivity index (χ0) is 33.0. The van der Waals surface area contributed by atoms with Gasteiger partial charge in [0.1, 0.15) is 11.5 Å². The molecule has 1 atom stereocenters. The summed E-state index contributed by atoms with van der Waals surface area (Å²) in [6.45, 7) is 6.39. The van der Waals surface area contributed by atoms with Crippen molar-refractivity contribution in [3.63, 3.8) is 0 Å². The number of fused-ring (bicyclic) bond motifs is 2. The fourth-order valence-electron chi connectivity index (χ4n) is 6.40. The molecule has 0 radical (unpaired) electrons. The number of aryl methyl sites for hydroxylation is 1. The van der Waals surface area contributed by atoms with Gasteiger partial charge in [-0.15, -0.1) is 0 Å². The summed E-state index contributed by atoms with van der Waals surface area (Å²) in [7, 11) is 1.64. The van der Waals surface area contributed by atoms with Gasteiger partial charge in [0.05, 0.1) is 29.8 Å². The van der Waals surface area contributed by atoms with E-state index in [4.69, 9.17) is 9.47 Å². The Kier molecular flexibility index (Phi) is 7.16. The van der Waals surface area contributed by atoms with Gasteiger partial charge in [-0.3, -0.25) is 19.2 Å². The van der Waals surface area contributed by atoms with Gasteiger partial charge in [0.2, 0.25) is 5.78 Å². The van der Waals surface area contributed by atoms with Crippen LogP contribution in [0.3, 0.4) is 0 Å². The molecule has 1 aliphatic carbocycles. The molecule has 2 aliphatic heterocycles. The predicted molar refractivity (Wildman–Crippen MR) is 178 cm³/mol. The molecule has 2 amide bonds. The smallest absolute Gasteiger partial charge is 0.266 e. The molecular formula is C39H32N2O6. The number of allylic oxidation sites excluding steroid dienone is 2. The molecule has 0 bridgehead atoms. The minimum absolute atomic E-state index is 0.0309. The van der Waals surface area contributed by atoms with E-state index in [-0.39, 0.29) is 41.1 Å². The molecule has 0 N–H and O–H groups in total. The third-order valence-electron chi connectivity index (χ3n) is 9.23. The van der Waals surface area contributed by atoms with E-state index in [1.807, 2.05) is 55.5 Å². The molecule has 8 nitrogen and oxygen atoms in total. The summed E-state index contributed by atoms with van der Waals surface area (Å²) in [5.74, 6) is -0.781. The van der Waals surface area contributed by atoms with Crippen molar-refractivity contribution in [3.8, 4) is 11.5 Å². The number of benzene rings is 4. The first-order valence-electron chi connectivity index (χ1n) is 15.4. The highest BCUT2D eigenvalue weighted by Gasteiger charge is 2.41. The highest BCUT2D eigenvalue weighted by molar-refractivity contribution is 6.34. The van der Waals surface area contributed by atoms with Gasteiger partial charge in [-0.05, 0) is 72.6 Å². The van der Waals surface area contributed by atoms with Crippen molar-refractivity contribution in [2.24, 2.45) is 5.92 Å². The first-order chi connectivity index (χ1) is 22.5. The van der Waals surface area contributed by atoms with Crippen LogP contribution in [-0.2, 0) is 15.0 Å². The molecule has 0 fully saturated rings. The fourth-order valence-corrected chi connectivity index (χ4v) is 6.40. The monoisotopic (exact) mass is 624 g/mol. The number of carbonyl (C=O) groups excluding carboxylic acids is 4. The normalized spacial score (nSPS) is 17.4. The van der Waals surface area contributed by atoms with Crippen molar-refractivity contribution in [2.75, 3.05) is 23.5 Å². The van der Waals surface area contributed by atoms with Crippen molar-refractivity contribution in [1.82, 2.24) is 0 Å². The molecule has 1 unspecified atom stereocenters. The van der Waals surface area contributed by atoms with Crippen molar-refractivity contribution in [2.45, 2.75) is 26.2 Å². The third-order valence-corrected chi connectivity index (χ3v) is 9.23. The Balaban J connectivity index is 1.08. The number of amides is 2. The number of imide groups is 1. The van der Waals surface area contributed by atoms with Gasteiger partial charge >= 0.3 is 0 Å². The Morgan fingerprint density at radius 1 is 0.745 bits per heavy atom. The molecule has 4 aromatic rings. The van der Waals surface area contributed by atoms with E-state index in [0.717, 1.165) is 27.3 Å². The van der Waals surface area contributed by atoms with Crippen LogP contribution < -0.4 is 19.3 Å². The molecular weight excluding hydrogens is 592 g/mol. The first kappa shape index (κ1) is 29.9. The Morgan fingerprint density at radius 3 is 2.06 bits per heavy atom. The maximum absolute atomic E-state index is 13.6. The van der Waals surface area contributed by atoms with Crippen LogP contribution in [0.5, 0.6) is 11.5 Å². The molecule has 2 heterocycles. The minimum Gasteiger partial charge on any atom is -0.497 e. The van der Waals surface area contributed by atoms with Gasteiger partial charge in [0.15, 0.2) is 11.5 Å². The summed E-state index contributed by atoms with van der Waals surface area (Å²) in [5.41, 5.74) is 4.93. The van der Waals surface area contributed by atoms with E-state index in [1.165, 1.54) is 6.08 Å². The number of ether oxygens (including phenoxy) is 2. The van der Waals surface area contributed by atoms with Crippen LogP contribution in [0.25, 0.3) is 0 Å². The van der Waals surface area contributed by atoms with Gasteiger partial charge in [-0.2, -0.15) is 0 Å². The van der Waals surface area contributed by atoms with E-state index in [9.17, 15) is 19.2 Å². The van der Waals surface area contributed by atoms with Crippen LogP contribution in [0.1, 0.15) is 51.3 Å². The van der Waals surface area contributed by atoms with Crippen LogP contribution in [0.15, 0.2) is 115 Å². The van der Waals surface area contributed by atoms with Gasteiger partial charge in [0.25, 0.3) is 11.8 Å². The number of methoxy groups -OCH3 is 1. The zero-order valence-electron chi connectivity index (χ0n) is 26.4. The summed E-state index contributed by atoms with van der Waals surface area (Å²) in [4.78, 5) is 56.1. The quantitative estimate of drug-likeness (QED) is 0.215. The Morgan fingerprint density at radius 2 is 1.38 bits per heavy atom. The molecule has 3 aliphatic rings. The van der Waals surface area contributed by atoms with Crippen molar-refractivity contribution in [1.29, 1.82) is 0 Å². The number of Topliss-reactive ketones (excluding diaryl/α,β-unsaturated/α-hetero) is 1. The Hall–Kier alpha value is -5.76. The zero-order valence-corrected chi connectivity index (χ0v) is 26.4. The lowest BCUT2D eigenvalue weighted by Gasteiger charge is -2.26. The highest BCUT2D eigenvalue weighted by atomic mass is 16.5. The average Bonchev–Trinajstić information content (AvgIpc) is 3.63. The fraction of sp³-hybridized carbons (Fsp3) is 0.179. The number of anilines is 2. The Labute approximate surface area is 272 Å². The molecule has 8 heteroatoms. The summed E-state index contributed by atoms with van der Waals surface area (Å²) >= 11 is 0. The second-order valence-electron chi connectivity index (χ2n) is 12.5. The summed E-state index contributed by atoms with van der Waals surface area (Å²) < 4.78 is 11.3. The molecule has 4 aromatic carbocycles. The lowest BCUT2D eigenvalue weighted by Crippen LogP contribution is -2.31. The van der Waals surface area contributed by atoms with Crippen LogP contribution >= 0.6 is 0 Å². The summed E-state index contributed by atoms with van der Waals surface area (Å²) in [6.07, 6.45) is 2.94. The number of ketones is 2. The topological polar surface area (TPSA) is 93.2 Å². The summed E-state index contributed by atoms with van der Waals surface area (Å²) in [5, 5.41) is 0. The average molecular weight is 625 g/mol. The lowest BCUT2D eigenvalue weighted by molar-refractivity contribution is -0.122. The number of carbonyl (C=O) groups is 4. The largest absolute Gasteiger partial charge is 0.497 e. The number of hydrogen-bond donors (Lipinski definition) is 0. The van der Waals surface area contributed by atoms with E-state index >= 15 is 0 Å². The van der Waals surface area contributed by atoms with Gasteiger partial charge < -0.3 is 14.4 Å². The number of rotatable bonds is 7. The molecule has 0 saturated heterocycles. The predicted octanol–water partition coefficient (Wildman–Crippen LogP) is 6.56. The van der Waals surface area contributed by atoms with Crippen molar-refractivity contribution in [3.05, 3.63) is 142 Å². The first-order valence-corrected chi connectivity index (χ1v) is 15.4. The SMILES string of the molecule is COc1ccc(C(C)(C)c2ccc(OC3=CC(=O)C4CN(c5cccc(N6C(=O)c7ccc(C)cc7C6=O)c5)C=C4C3=O)cc2)cc1. The molecule has 234 valence electrons. The van der Waals surface area contributed by atoms with Crippen molar-refractivity contribution < 1.29 is 28.7 Å². The van der Waals surface area contributed by atoms with Crippen molar-refractivity contribution >= 4 is 34.8 Å². The maximum atomic E-state index is 13.6. The van der Waals surface area contributed by atoms with Crippen LogP contribution in [0.4, 0.5) is 11.4 Å². The minimum atomic E-state index is -0.645. The molecule has 0 aromatic heterocycles. The second-order valence-corrected chi connectivity index (χ2v) is 12.5. The molecule has 0 spiro atoms. The molecule has 7 rings (SSSR count).